The highest BCUT2D eigenvalue weighted by Gasteiger charge is 2.25. The standard InChI is InChI=1S/C19H30F2N4O3.HI/c1-5-9-27-14-8-7-13(15(10-14)28-17(20)21)11-24-18(23-6-2)25-12-19(3,4)16(22)26;/h7-8,10,17H,5-6,9,11-12H2,1-4H3,(H2,22,26)(H2,23,24,25);1H. The van der Waals surface area contributed by atoms with Crippen LogP contribution in [0, 0.1) is 5.41 Å². The third-order valence-electron chi connectivity index (χ3n) is 3.84. The summed E-state index contributed by atoms with van der Waals surface area (Å²) in [6.07, 6.45) is 0.802. The molecule has 4 N–H and O–H groups in total. The van der Waals surface area contributed by atoms with Gasteiger partial charge >= 0.3 is 6.61 Å². The van der Waals surface area contributed by atoms with Crippen LogP contribution in [-0.4, -0.2) is 38.2 Å². The number of primary amides is 1. The number of nitrogens with two attached hydrogens (primary N) is 1. The first-order valence-corrected chi connectivity index (χ1v) is 9.22. The first kappa shape index (κ1) is 27.1. The maximum absolute atomic E-state index is 12.8. The molecule has 0 heterocycles. The highest BCUT2D eigenvalue weighted by Crippen LogP contribution is 2.27. The molecule has 0 fully saturated rings. The molecule has 0 unspecified atom stereocenters. The minimum Gasteiger partial charge on any atom is -0.493 e. The fourth-order valence-electron chi connectivity index (χ4n) is 2.08. The third-order valence-corrected chi connectivity index (χ3v) is 3.84. The number of alkyl halides is 2. The normalized spacial score (nSPS) is 11.6. The minimum absolute atomic E-state index is 0. The van der Waals surface area contributed by atoms with E-state index in [0.29, 0.717) is 30.4 Å². The van der Waals surface area contributed by atoms with Gasteiger partial charge in [0.05, 0.1) is 18.6 Å². The van der Waals surface area contributed by atoms with Crippen molar-refractivity contribution < 1.29 is 23.0 Å². The molecule has 0 aromatic heterocycles. The quantitative estimate of drug-likeness (QED) is 0.233. The monoisotopic (exact) mass is 528 g/mol. The Labute approximate surface area is 187 Å². The summed E-state index contributed by atoms with van der Waals surface area (Å²) in [5.74, 6) is 0.469. The van der Waals surface area contributed by atoms with Crippen LogP contribution in [0.1, 0.15) is 39.7 Å². The average molecular weight is 528 g/mol. The molecule has 1 amide bonds. The molecule has 0 saturated heterocycles. The molecule has 0 spiro atoms. The van der Waals surface area contributed by atoms with E-state index in [0.717, 1.165) is 6.42 Å². The lowest BCUT2D eigenvalue weighted by Crippen LogP contribution is -2.46. The van der Waals surface area contributed by atoms with Crippen molar-refractivity contribution in [1.82, 2.24) is 10.6 Å². The van der Waals surface area contributed by atoms with Crippen LogP contribution < -0.4 is 25.8 Å². The summed E-state index contributed by atoms with van der Waals surface area (Å²) in [5, 5.41) is 6.07. The van der Waals surface area contributed by atoms with Crippen LogP contribution in [0.2, 0.25) is 0 Å². The predicted molar refractivity (Wildman–Crippen MR) is 120 cm³/mol. The maximum atomic E-state index is 12.8. The minimum atomic E-state index is -2.95. The molecule has 0 aliphatic heterocycles. The average Bonchev–Trinajstić information content (AvgIpc) is 2.62. The Morgan fingerprint density at radius 2 is 1.97 bits per heavy atom. The Morgan fingerprint density at radius 3 is 2.52 bits per heavy atom. The number of rotatable bonds is 11. The van der Waals surface area contributed by atoms with E-state index in [1.807, 2.05) is 13.8 Å². The number of benzene rings is 1. The van der Waals surface area contributed by atoms with Crippen LogP contribution in [0.4, 0.5) is 8.78 Å². The molecule has 0 atom stereocenters. The van der Waals surface area contributed by atoms with Crippen LogP contribution in [0.15, 0.2) is 23.2 Å². The van der Waals surface area contributed by atoms with E-state index >= 15 is 0 Å². The van der Waals surface area contributed by atoms with Gasteiger partial charge < -0.3 is 25.8 Å². The van der Waals surface area contributed by atoms with Crippen molar-refractivity contribution in [2.24, 2.45) is 16.1 Å². The van der Waals surface area contributed by atoms with Gasteiger partial charge in [-0.25, -0.2) is 4.99 Å². The Hall–Kier alpha value is -1.85. The second-order valence-electron chi connectivity index (χ2n) is 6.79. The molecule has 1 aromatic carbocycles. The summed E-state index contributed by atoms with van der Waals surface area (Å²) in [7, 11) is 0. The van der Waals surface area contributed by atoms with Crippen LogP contribution in [-0.2, 0) is 11.3 Å². The summed E-state index contributed by atoms with van der Waals surface area (Å²) < 4.78 is 35.6. The Morgan fingerprint density at radius 1 is 1.28 bits per heavy atom. The van der Waals surface area contributed by atoms with Crippen LogP contribution >= 0.6 is 24.0 Å². The van der Waals surface area contributed by atoms with Gasteiger partial charge in [0.15, 0.2) is 5.96 Å². The van der Waals surface area contributed by atoms with Gasteiger partial charge in [-0.3, -0.25) is 4.79 Å². The van der Waals surface area contributed by atoms with E-state index in [2.05, 4.69) is 20.4 Å². The number of hydrogen-bond acceptors (Lipinski definition) is 4. The molecular formula is C19H31F2IN4O3. The van der Waals surface area contributed by atoms with Gasteiger partial charge in [-0.05, 0) is 39.3 Å². The Kier molecular flexibility index (Phi) is 12.5. The van der Waals surface area contributed by atoms with Crippen molar-refractivity contribution >= 4 is 35.8 Å². The molecule has 0 aliphatic rings. The highest BCUT2D eigenvalue weighted by molar-refractivity contribution is 14.0. The van der Waals surface area contributed by atoms with Crippen molar-refractivity contribution in [3.05, 3.63) is 23.8 Å². The summed E-state index contributed by atoms with van der Waals surface area (Å²) in [6.45, 7) is 5.77. The number of guanidine groups is 1. The molecule has 1 rings (SSSR count). The number of carbonyl (C=O) groups is 1. The topological polar surface area (TPSA) is 98.0 Å². The van der Waals surface area contributed by atoms with Crippen molar-refractivity contribution in [2.75, 3.05) is 19.7 Å². The number of carbonyl (C=O) groups excluding carboxylic acids is 1. The molecule has 1 aromatic rings. The van der Waals surface area contributed by atoms with Crippen molar-refractivity contribution in [2.45, 2.75) is 47.3 Å². The molecule has 7 nitrogen and oxygen atoms in total. The molecular weight excluding hydrogens is 497 g/mol. The molecule has 10 heteroatoms. The van der Waals surface area contributed by atoms with E-state index in [9.17, 15) is 13.6 Å². The Balaban J connectivity index is 0.00000784. The van der Waals surface area contributed by atoms with Gasteiger partial charge in [0.1, 0.15) is 11.5 Å². The Bertz CT molecular complexity index is 673. The second kappa shape index (κ2) is 13.4. The zero-order valence-corrected chi connectivity index (χ0v) is 19.6. The smallest absolute Gasteiger partial charge is 0.387 e. The molecule has 29 heavy (non-hydrogen) atoms. The number of nitrogens with zero attached hydrogens (tertiary/aromatic N) is 1. The zero-order chi connectivity index (χ0) is 21.2. The van der Waals surface area contributed by atoms with Crippen molar-refractivity contribution in [1.29, 1.82) is 0 Å². The number of halogens is 3. The molecule has 0 bridgehead atoms. The lowest BCUT2D eigenvalue weighted by molar-refractivity contribution is -0.125. The van der Waals surface area contributed by atoms with E-state index in [4.69, 9.17) is 10.5 Å². The zero-order valence-electron chi connectivity index (χ0n) is 17.3. The fourth-order valence-corrected chi connectivity index (χ4v) is 2.08. The maximum Gasteiger partial charge on any atom is 0.387 e. The summed E-state index contributed by atoms with van der Waals surface area (Å²) in [6, 6.07) is 4.77. The lowest BCUT2D eigenvalue weighted by atomic mass is 9.93. The van der Waals surface area contributed by atoms with E-state index in [1.54, 1.807) is 26.0 Å². The SMILES string of the molecule is CCCOc1ccc(CN=C(NCC)NCC(C)(C)C(N)=O)c(OC(F)F)c1.I. The molecule has 0 aliphatic carbocycles. The first-order chi connectivity index (χ1) is 13.2. The van der Waals surface area contributed by atoms with E-state index < -0.39 is 17.9 Å². The lowest BCUT2D eigenvalue weighted by Gasteiger charge is -2.22. The van der Waals surface area contributed by atoms with Crippen LogP contribution in [0.3, 0.4) is 0 Å². The van der Waals surface area contributed by atoms with Gasteiger partial charge in [-0.15, -0.1) is 24.0 Å². The van der Waals surface area contributed by atoms with Gasteiger partial charge in [-0.2, -0.15) is 8.78 Å². The van der Waals surface area contributed by atoms with Crippen molar-refractivity contribution in [3.63, 3.8) is 0 Å². The van der Waals surface area contributed by atoms with Gasteiger partial charge in [0, 0.05) is 24.7 Å². The number of nitrogens with one attached hydrogen (secondary N) is 2. The fraction of sp³-hybridized carbons (Fsp3) is 0.579. The van der Waals surface area contributed by atoms with Crippen LogP contribution in [0.25, 0.3) is 0 Å². The van der Waals surface area contributed by atoms with Gasteiger partial charge in [-0.1, -0.05) is 6.92 Å². The summed E-state index contributed by atoms with van der Waals surface area (Å²) in [5.41, 5.74) is 5.09. The summed E-state index contributed by atoms with van der Waals surface area (Å²) >= 11 is 0. The molecule has 166 valence electrons. The number of amides is 1. The van der Waals surface area contributed by atoms with Crippen molar-refractivity contribution in [3.8, 4) is 11.5 Å². The van der Waals surface area contributed by atoms with Gasteiger partial charge in [0.25, 0.3) is 0 Å². The highest BCUT2D eigenvalue weighted by atomic mass is 127. The predicted octanol–water partition coefficient (Wildman–Crippen LogP) is 3.26. The largest absolute Gasteiger partial charge is 0.493 e. The van der Waals surface area contributed by atoms with E-state index in [1.165, 1.54) is 6.07 Å². The van der Waals surface area contributed by atoms with E-state index in [-0.39, 0.29) is 42.8 Å². The second-order valence-corrected chi connectivity index (χ2v) is 6.79. The third kappa shape index (κ3) is 9.95. The molecule has 0 radical (unpaired) electrons. The number of ether oxygens (including phenoxy) is 2. The van der Waals surface area contributed by atoms with Crippen LogP contribution in [0.5, 0.6) is 11.5 Å². The first-order valence-electron chi connectivity index (χ1n) is 9.22. The summed E-state index contributed by atoms with van der Waals surface area (Å²) in [4.78, 5) is 15.8. The number of hydrogen-bond donors (Lipinski definition) is 3. The number of aliphatic imine (C=N–C) groups is 1. The van der Waals surface area contributed by atoms with Gasteiger partial charge in [0.2, 0.25) is 5.91 Å². The molecule has 0 saturated carbocycles.